The molecule has 4 aromatic rings. The molecule has 0 saturated heterocycles. The summed E-state index contributed by atoms with van der Waals surface area (Å²) in [6, 6.07) is 15.2. The second kappa shape index (κ2) is 7.85. The van der Waals surface area contributed by atoms with Crippen LogP contribution in [0.15, 0.2) is 70.5 Å². The topological polar surface area (TPSA) is 66.0 Å². The van der Waals surface area contributed by atoms with Gasteiger partial charge in [0.25, 0.3) is 0 Å². The summed E-state index contributed by atoms with van der Waals surface area (Å²) in [5.41, 5.74) is 1.69. The summed E-state index contributed by atoms with van der Waals surface area (Å²) in [6.07, 6.45) is 3.66. The Balaban J connectivity index is 1.51. The molecule has 2 aromatic heterocycles. The van der Waals surface area contributed by atoms with Gasteiger partial charge in [0, 0.05) is 18.5 Å². The highest BCUT2D eigenvalue weighted by Crippen LogP contribution is 2.29. The van der Waals surface area contributed by atoms with Gasteiger partial charge in [0.1, 0.15) is 5.75 Å². The van der Waals surface area contributed by atoms with Gasteiger partial charge in [-0.15, -0.1) is 10.2 Å². The molecule has 0 aliphatic heterocycles. The summed E-state index contributed by atoms with van der Waals surface area (Å²) in [4.78, 5) is 4.42. The molecule has 0 aliphatic carbocycles. The quantitative estimate of drug-likeness (QED) is 0.431. The lowest BCUT2D eigenvalue weighted by Crippen LogP contribution is -1.96. The fourth-order valence-corrected chi connectivity index (χ4v) is 3.56. The van der Waals surface area contributed by atoms with Gasteiger partial charge in [-0.25, -0.2) is 4.98 Å². The lowest BCUT2D eigenvalue weighted by atomic mass is 10.2. The third-order valence-electron chi connectivity index (χ3n) is 3.83. The summed E-state index contributed by atoms with van der Waals surface area (Å²) in [6.45, 7) is 0. The number of nitrogens with zero attached hydrogens (tertiary/aromatic N) is 4. The Morgan fingerprint density at radius 2 is 2.04 bits per heavy atom. The number of halogens is 1. The average Bonchev–Trinajstić information content (AvgIpc) is 3.36. The summed E-state index contributed by atoms with van der Waals surface area (Å²) >= 11 is 7.69. The zero-order valence-electron chi connectivity index (χ0n) is 14.4. The van der Waals surface area contributed by atoms with Gasteiger partial charge in [-0.2, -0.15) is 0 Å². The standard InChI is InChI=1S/C19H15ClN4O2S/c1-25-14-6-4-5-13(11-14)24-10-9-21-19(24)27-12-17-22-23-18(26-17)15-7-2-3-8-16(15)20/h2-11H,12H2,1H3. The van der Waals surface area contributed by atoms with E-state index in [1.807, 2.05) is 53.2 Å². The first-order valence-electron chi connectivity index (χ1n) is 8.12. The number of methoxy groups -OCH3 is 1. The Kier molecular flexibility index (Phi) is 5.13. The number of aromatic nitrogens is 4. The van der Waals surface area contributed by atoms with Crippen molar-refractivity contribution in [3.63, 3.8) is 0 Å². The molecule has 0 saturated carbocycles. The highest BCUT2D eigenvalue weighted by molar-refractivity contribution is 7.98. The van der Waals surface area contributed by atoms with Crippen molar-refractivity contribution in [1.82, 2.24) is 19.7 Å². The number of hydrogen-bond donors (Lipinski definition) is 0. The van der Waals surface area contributed by atoms with Crippen LogP contribution in [0.5, 0.6) is 5.75 Å². The molecule has 2 aromatic carbocycles. The van der Waals surface area contributed by atoms with Crippen molar-refractivity contribution in [2.75, 3.05) is 7.11 Å². The van der Waals surface area contributed by atoms with Gasteiger partial charge in [-0.05, 0) is 24.3 Å². The molecule has 6 nitrogen and oxygen atoms in total. The zero-order chi connectivity index (χ0) is 18.6. The SMILES string of the molecule is COc1cccc(-n2ccnc2SCc2nnc(-c3ccccc3Cl)o2)c1. The van der Waals surface area contributed by atoms with Gasteiger partial charge in [-0.1, -0.05) is 41.6 Å². The van der Waals surface area contributed by atoms with E-state index in [1.54, 1.807) is 19.4 Å². The van der Waals surface area contributed by atoms with E-state index in [9.17, 15) is 0 Å². The van der Waals surface area contributed by atoms with Crippen molar-refractivity contribution < 1.29 is 9.15 Å². The van der Waals surface area contributed by atoms with Crippen molar-refractivity contribution in [3.8, 4) is 22.9 Å². The highest BCUT2D eigenvalue weighted by atomic mass is 35.5. The van der Waals surface area contributed by atoms with E-state index in [0.717, 1.165) is 22.2 Å². The van der Waals surface area contributed by atoms with Crippen LogP contribution in [0.1, 0.15) is 5.89 Å². The van der Waals surface area contributed by atoms with Gasteiger partial charge in [0.2, 0.25) is 11.8 Å². The Morgan fingerprint density at radius 3 is 2.89 bits per heavy atom. The minimum Gasteiger partial charge on any atom is -0.497 e. The molecule has 2 heterocycles. The Bertz CT molecular complexity index is 1060. The first-order chi connectivity index (χ1) is 13.2. The molecule has 0 spiro atoms. The van der Waals surface area contributed by atoms with Crippen LogP contribution in [0.3, 0.4) is 0 Å². The zero-order valence-corrected chi connectivity index (χ0v) is 15.9. The molecule has 136 valence electrons. The second-order valence-corrected chi connectivity index (χ2v) is 6.90. The first kappa shape index (κ1) is 17.6. The third kappa shape index (κ3) is 3.84. The molecule has 0 N–H and O–H groups in total. The molecular formula is C19H15ClN4O2S. The van der Waals surface area contributed by atoms with Crippen LogP contribution < -0.4 is 4.74 Å². The maximum absolute atomic E-state index is 6.18. The fraction of sp³-hybridized carbons (Fsp3) is 0.105. The second-order valence-electron chi connectivity index (χ2n) is 5.55. The summed E-state index contributed by atoms with van der Waals surface area (Å²) < 4.78 is 13.0. The van der Waals surface area contributed by atoms with Crippen LogP contribution in [0, 0.1) is 0 Å². The minimum absolute atomic E-state index is 0.410. The number of hydrogen-bond acceptors (Lipinski definition) is 6. The fourth-order valence-electron chi connectivity index (χ4n) is 2.54. The number of imidazole rings is 1. The van der Waals surface area contributed by atoms with Gasteiger partial charge in [-0.3, -0.25) is 4.57 Å². The van der Waals surface area contributed by atoms with E-state index in [2.05, 4.69) is 15.2 Å². The normalized spacial score (nSPS) is 10.9. The summed E-state index contributed by atoms with van der Waals surface area (Å²) in [5.74, 6) is 2.21. The van der Waals surface area contributed by atoms with Crippen LogP contribution in [0.4, 0.5) is 0 Å². The Morgan fingerprint density at radius 1 is 1.15 bits per heavy atom. The lowest BCUT2D eigenvalue weighted by molar-refractivity contribution is 0.414. The largest absolute Gasteiger partial charge is 0.497 e. The smallest absolute Gasteiger partial charge is 0.249 e. The Hall–Kier alpha value is -2.77. The van der Waals surface area contributed by atoms with Crippen LogP contribution in [-0.4, -0.2) is 26.9 Å². The summed E-state index contributed by atoms with van der Waals surface area (Å²) in [5, 5.41) is 9.60. The molecule has 27 heavy (non-hydrogen) atoms. The molecule has 0 aliphatic rings. The van der Waals surface area contributed by atoms with Crippen LogP contribution in [0.25, 0.3) is 17.1 Å². The summed E-state index contributed by atoms with van der Waals surface area (Å²) in [7, 11) is 1.65. The average molecular weight is 399 g/mol. The molecule has 0 bridgehead atoms. The lowest BCUT2D eigenvalue weighted by Gasteiger charge is -2.08. The molecule has 0 fully saturated rings. The van der Waals surface area contributed by atoms with Crippen molar-refractivity contribution in [2.45, 2.75) is 10.9 Å². The van der Waals surface area contributed by atoms with Gasteiger partial charge >= 0.3 is 0 Å². The van der Waals surface area contributed by atoms with Crippen molar-refractivity contribution in [3.05, 3.63) is 71.8 Å². The van der Waals surface area contributed by atoms with E-state index in [-0.39, 0.29) is 0 Å². The van der Waals surface area contributed by atoms with E-state index < -0.39 is 0 Å². The van der Waals surface area contributed by atoms with E-state index >= 15 is 0 Å². The van der Waals surface area contributed by atoms with Gasteiger partial charge in [0.15, 0.2) is 5.16 Å². The third-order valence-corrected chi connectivity index (χ3v) is 5.12. The molecular weight excluding hydrogens is 384 g/mol. The number of benzene rings is 2. The van der Waals surface area contributed by atoms with E-state index in [4.69, 9.17) is 20.8 Å². The number of ether oxygens (including phenoxy) is 1. The maximum Gasteiger partial charge on any atom is 0.249 e. The number of rotatable bonds is 6. The van der Waals surface area contributed by atoms with Crippen molar-refractivity contribution in [2.24, 2.45) is 0 Å². The molecule has 0 amide bonds. The van der Waals surface area contributed by atoms with E-state index in [1.165, 1.54) is 11.8 Å². The van der Waals surface area contributed by atoms with E-state index in [0.29, 0.717) is 22.6 Å². The molecule has 8 heteroatoms. The predicted octanol–water partition coefficient (Wildman–Crippen LogP) is 4.88. The van der Waals surface area contributed by atoms with Gasteiger partial charge in [0.05, 0.1) is 29.1 Å². The van der Waals surface area contributed by atoms with Crippen LogP contribution >= 0.6 is 23.4 Å². The number of thioether (sulfide) groups is 1. The Labute approximate surface area is 165 Å². The molecule has 0 radical (unpaired) electrons. The van der Waals surface area contributed by atoms with Crippen LogP contribution in [-0.2, 0) is 5.75 Å². The van der Waals surface area contributed by atoms with Crippen LogP contribution in [0.2, 0.25) is 5.02 Å². The van der Waals surface area contributed by atoms with Gasteiger partial charge < -0.3 is 9.15 Å². The molecule has 0 atom stereocenters. The maximum atomic E-state index is 6.18. The minimum atomic E-state index is 0.410. The monoisotopic (exact) mass is 398 g/mol. The van der Waals surface area contributed by atoms with Crippen molar-refractivity contribution in [1.29, 1.82) is 0 Å². The molecule has 0 unspecified atom stereocenters. The highest BCUT2D eigenvalue weighted by Gasteiger charge is 2.13. The first-order valence-corrected chi connectivity index (χ1v) is 9.49. The predicted molar refractivity (Wildman–Crippen MR) is 104 cm³/mol. The van der Waals surface area contributed by atoms with Crippen molar-refractivity contribution >= 4 is 23.4 Å². The molecule has 4 rings (SSSR count).